The maximum Gasteiger partial charge on any atom is 0.334 e. The molecule has 1 saturated heterocycles. The van der Waals surface area contributed by atoms with Crippen LogP contribution in [0.5, 0.6) is 0 Å². The van der Waals surface area contributed by atoms with Crippen molar-refractivity contribution in [3.05, 3.63) is 35.4 Å². The van der Waals surface area contributed by atoms with Crippen LogP contribution in [0.2, 0.25) is 0 Å². The number of urea groups is 1. The number of aryl methyl sites for hydroxylation is 1. The number of Topliss-reactive ketones (excluding diaryl/α,β-unsaturated/α-hetero) is 1. The molecule has 0 aromatic heterocycles. The second kappa shape index (κ2) is 7.17. The fourth-order valence-electron chi connectivity index (χ4n) is 3.48. The minimum absolute atomic E-state index is 0.221. The summed E-state index contributed by atoms with van der Waals surface area (Å²) < 4.78 is 0. The lowest BCUT2D eigenvalue weighted by Gasteiger charge is -2.28. The number of amides is 4. The molecule has 0 radical (unpaired) electrons. The molecule has 6 heteroatoms. The Morgan fingerprint density at radius 3 is 2.24 bits per heavy atom. The molecule has 1 aromatic rings. The van der Waals surface area contributed by atoms with Gasteiger partial charge in [0.15, 0.2) is 5.78 Å². The molecule has 1 aliphatic heterocycles. The molecular weight excluding hydrogens is 320 g/mol. The summed E-state index contributed by atoms with van der Waals surface area (Å²) in [5.74, 6) is -2.04. The first-order valence-electron chi connectivity index (χ1n) is 8.84. The van der Waals surface area contributed by atoms with Gasteiger partial charge in [-0.15, -0.1) is 0 Å². The van der Waals surface area contributed by atoms with Crippen molar-refractivity contribution in [3.63, 3.8) is 0 Å². The number of hydrogen-bond acceptors (Lipinski definition) is 4. The molecule has 2 aliphatic rings. The Labute approximate surface area is 146 Å². The third kappa shape index (κ3) is 3.34. The third-order valence-corrected chi connectivity index (χ3v) is 5.01. The molecule has 6 nitrogen and oxygen atoms in total. The zero-order valence-electron chi connectivity index (χ0n) is 14.4. The standard InChI is InChI=1S/C19H22N2O4/c1-2-13-8-10-14(11-9-13)16(22)12-20-17(23)18(24)21(19(20)25)15-6-4-3-5-7-15/h8-11,15H,2-7,12H2,1H3. The van der Waals surface area contributed by atoms with Crippen LogP contribution < -0.4 is 0 Å². The van der Waals surface area contributed by atoms with Crippen molar-refractivity contribution in [2.45, 2.75) is 51.5 Å². The number of ketones is 1. The van der Waals surface area contributed by atoms with E-state index in [2.05, 4.69) is 0 Å². The third-order valence-electron chi connectivity index (χ3n) is 5.01. The Balaban J connectivity index is 1.73. The average Bonchev–Trinajstić information content (AvgIpc) is 2.86. The van der Waals surface area contributed by atoms with E-state index in [-0.39, 0.29) is 11.8 Å². The lowest BCUT2D eigenvalue weighted by molar-refractivity contribution is -0.144. The molecule has 4 amide bonds. The molecule has 1 heterocycles. The van der Waals surface area contributed by atoms with Crippen LogP contribution in [0.1, 0.15) is 54.9 Å². The predicted molar refractivity (Wildman–Crippen MR) is 91.0 cm³/mol. The normalized spacial score (nSPS) is 19.0. The summed E-state index contributed by atoms with van der Waals surface area (Å²) in [5.41, 5.74) is 1.53. The first kappa shape index (κ1) is 17.3. The molecule has 3 rings (SSSR count). The van der Waals surface area contributed by atoms with Crippen LogP contribution in [0.4, 0.5) is 4.79 Å². The largest absolute Gasteiger partial charge is 0.334 e. The number of carbonyl (C=O) groups excluding carboxylic acids is 4. The SMILES string of the molecule is CCc1ccc(C(=O)CN2C(=O)C(=O)N(C3CCCCC3)C2=O)cc1. The van der Waals surface area contributed by atoms with Crippen molar-refractivity contribution >= 4 is 23.6 Å². The molecule has 1 aromatic carbocycles. The highest BCUT2D eigenvalue weighted by Gasteiger charge is 2.48. The van der Waals surface area contributed by atoms with E-state index in [1.807, 2.05) is 19.1 Å². The van der Waals surface area contributed by atoms with Crippen molar-refractivity contribution in [3.8, 4) is 0 Å². The highest BCUT2D eigenvalue weighted by atomic mass is 16.2. The summed E-state index contributed by atoms with van der Waals surface area (Å²) in [6.45, 7) is 1.63. The van der Waals surface area contributed by atoms with Crippen molar-refractivity contribution in [2.75, 3.05) is 6.54 Å². The van der Waals surface area contributed by atoms with E-state index in [0.717, 1.165) is 53.9 Å². The maximum atomic E-state index is 12.6. The maximum absolute atomic E-state index is 12.6. The molecule has 0 atom stereocenters. The van der Waals surface area contributed by atoms with E-state index in [4.69, 9.17) is 0 Å². The summed E-state index contributed by atoms with van der Waals surface area (Å²) in [6.07, 6.45) is 5.28. The number of nitrogens with zero attached hydrogens (tertiary/aromatic N) is 2. The van der Waals surface area contributed by atoms with Gasteiger partial charge in [-0.25, -0.2) is 9.69 Å². The Morgan fingerprint density at radius 2 is 1.64 bits per heavy atom. The zero-order chi connectivity index (χ0) is 18.0. The predicted octanol–water partition coefficient (Wildman–Crippen LogP) is 2.56. The van der Waals surface area contributed by atoms with Crippen molar-refractivity contribution < 1.29 is 19.2 Å². The Kier molecular flexibility index (Phi) is 4.97. The molecule has 2 fully saturated rings. The van der Waals surface area contributed by atoms with Crippen LogP contribution in [-0.4, -0.2) is 46.0 Å². The zero-order valence-corrected chi connectivity index (χ0v) is 14.4. The Hall–Kier alpha value is -2.50. The molecule has 1 aliphatic carbocycles. The highest BCUT2D eigenvalue weighted by molar-refractivity contribution is 6.45. The second-order valence-electron chi connectivity index (χ2n) is 6.61. The fraction of sp³-hybridized carbons (Fsp3) is 0.474. The number of carbonyl (C=O) groups is 4. The van der Waals surface area contributed by atoms with Crippen LogP contribution in [0, 0.1) is 0 Å². The molecule has 132 valence electrons. The van der Waals surface area contributed by atoms with Crippen molar-refractivity contribution in [1.82, 2.24) is 9.80 Å². The van der Waals surface area contributed by atoms with E-state index in [1.54, 1.807) is 12.1 Å². The van der Waals surface area contributed by atoms with Crippen LogP contribution in [-0.2, 0) is 16.0 Å². The molecule has 0 unspecified atom stereocenters. The van der Waals surface area contributed by atoms with E-state index in [1.165, 1.54) is 0 Å². The molecule has 0 spiro atoms. The van der Waals surface area contributed by atoms with E-state index < -0.39 is 24.4 Å². The molecular formula is C19H22N2O4. The number of hydrogen-bond donors (Lipinski definition) is 0. The van der Waals surface area contributed by atoms with Crippen LogP contribution in [0.3, 0.4) is 0 Å². The van der Waals surface area contributed by atoms with Gasteiger partial charge in [-0.1, -0.05) is 50.5 Å². The van der Waals surface area contributed by atoms with Crippen molar-refractivity contribution in [1.29, 1.82) is 0 Å². The Bertz CT molecular complexity index is 705. The lowest BCUT2D eigenvalue weighted by Crippen LogP contribution is -2.43. The topological polar surface area (TPSA) is 74.8 Å². The van der Waals surface area contributed by atoms with Crippen molar-refractivity contribution in [2.24, 2.45) is 0 Å². The van der Waals surface area contributed by atoms with Crippen LogP contribution in [0.15, 0.2) is 24.3 Å². The van der Waals surface area contributed by atoms with Gasteiger partial charge in [0.05, 0.1) is 6.54 Å². The number of imide groups is 2. The first-order chi connectivity index (χ1) is 12.0. The number of benzene rings is 1. The van der Waals surface area contributed by atoms with Gasteiger partial charge in [0.2, 0.25) is 0 Å². The van der Waals surface area contributed by atoms with Crippen LogP contribution in [0.25, 0.3) is 0 Å². The van der Waals surface area contributed by atoms with Gasteiger partial charge in [0, 0.05) is 11.6 Å². The molecule has 25 heavy (non-hydrogen) atoms. The minimum atomic E-state index is -0.894. The summed E-state index contributed by atoms with van der Waals surface area (Å²) >= 11 is 0. The highest BCUT2D eigenvalue weighted by Crippen LogP contribution is 2.27. The second-order valence-corrected chi connectivity index (χ2v) is 6.61. The summed E-state index contributed by atoms with van der Waals surface area (Å²) in [5, 5.41) is 0. The monoisotopic (exact) mass is 342 g/mol. The first-order valence-corrected chi connectivity index (χ1v) is 8.84. The van der Waals surface area contributed by atoms with Gasteiger partial charge >= 0.3 is 17.8 Å². The van der Waals surface area contributed by atoms with Crippen LogP contribution >= 0.6 is 0 Å². The van der Waals surface area contributed by atoms with E-state index in [9.17, 15) is 19.2 Å². The van der Waals surface area contributed by atoms with E-state index >= 15 is 0 Å². The number of rotatable bonds is 5. The summed E-state index contributed by atoms with van der Waals surface area (Å²) in [6, 6.07) is 6.20. The molecule has 0 bridgehead atoms. The van der Waals surface area contributed by atoms with Gasteiger partial charge in [0.1, 0.15) is 0 Å². The van der Waals surface area contributed by atoms with Gasteiger partial charge in [-0.3, -0.25) is 19.3 Å². The smallest absolute Gasteiger partial charge is 0.292 e. The minimum Gasteiger partial charge on any atom is -0.292 e. The average molecular weight is 342 g/mol. The van der Waals surface area contributed by atoms with Gasteiger partial charge in [0.25, 0.3) is 0 Å². The Morgan fingerprint density at radius 1 is 1.00 bits per heavy atom. The molecule has 0 N–H and O–H groups in total. The summed E-state index contributed by atoms with van der Waals surface area (Å²) in [4.78, 5) is 51.2. The fourth-order valence-corrected chi connectivity index (χ4v) is 3.48. The summed E-state index contributed by atoms with van der Waals surface area (Å²) in [7, 11) is 0. The molecule has 1 saturated carbocycles. The van der Waals surface area contributed by atoms with Gasteiger partial charge in [-0.05, 0) is 24.8 Å². The van der Waals surface area contributed by atoms with E-state index in [0.29, 0.717) is 5.56 Å². The quantitative estimate of drug-likeness (QED) is 0.468. The van der Waals surface area contributed by atoms with Gasteiger partial charge < -0.3 is 0 Å². The lowest BCUT2D eigenvalue weighted by atomic mass is 9.94. The van der Waals surface area contributed by atoms with Gasteiger partial charge in [-0.2, -0.15) is 0 Å².